The van der Waals surface area contributed by atoms with Crippen LogP contribution in [-0.4, -0.2) is 15.9 Å². The van der Waals surface area contributed by atoms with Crippen LogP contribution in [0, 0.1) is 13.8 Å². The lowest BCUT2D eigenvalue weighted by Crippen LogP contribution is -2.13. The third-order valence-electron chi connectivity index (χ3n) is 2.50. The lowest BCUT2D eigenvalue weighted by Gasteiger charge is -2.04. The number of hydrogen-bond acceptors (Lipinski definition) is 2. The number of carbonyl (C=O) groups excluding carboxylic acids is 1. The highest BCUT2D eigenvalue weighted by molar-refractivity contribution is 6.03. The highest BCUT2D eigenvalue weighted by Crippen LogP contribution is 2.11. The Morgan fingerprint density at radius 2 is 2.12 bits per heavy atom. The maximum atomic E-state index is 11.8. The number of amides is 1. The highest BCUT2D eigenvalue weighted by Gasteiger charge is 2.07. The zero-order chi connectivity index (χ0) is 11.5. The molecular formula is C12H13N3O. The first-order valence-corrected chi connectivity index (χ1v) is 5.05. The summed E-state index contributed by atoms with van der Waals surface area (Å²) in [6.07, 6.45) is 3.26. The third kappa shape index (κ3) is 2.11. The molecule has 0 atom stereocenters. The van der Waals surface area contributed by atoms with Gasteiger partial charge < -0.3 is 4.98 Å². The number of nitrogens with one attached hydrogen (secondary N) is 2. The fourth-order valence-electron chi connectivity index (χ4n) is 1.40. The van der Waals surface area contributed by atoms with E-state index < -0.39 is 0 Å². The van der Waals surface area contributed by atoms with Gasteiger partial charge in [-0.2, -0.15) is 0 Å². The van der Waals surface area contributed by atoms with Gasteiger partial charge in [0.25, 0.3) is 5.91 Å². The van der Waals surface area contributed by atoms with Crippen LogP contribution in [-0.2, 0) is 0 Å². The lowest BCUT2D eigenvalue weighted by molar-refractivity contribution is 0.102. The molecule has 4 heteroatoms. The summed E-state index contributed by atoms with van der Waals surface area (Å²) in [7, 11) is 0. The van der Waals surface area contributed by atoms with Crippen LogP contribution < -0.4 is 5.32 Å². The largest absolute Gasteiger partial charge is 0.331 e. The van der Waals surface area contributed by atoms with Gasteiger partial charge in [-0.25, -0.2) is 4.98 Å². The molecule has 1 heterocycles. The summed E-state index contributed by atoms with van der Waals surface area (Å²) in [5.41, 5.74) is 2.92. The fourth-order valence-corrected chi connectivity index (χ4v) is 1.40. The molecule has 0 saturated carbocycles. The number of nitrogens with zero attached hydrogens (tertiary/aromatic N) is 1. The lowest BCUT2D eigenvalue weighted by atomic mass is 10.1. The van der Waals surface area contributed by atoms with Crippen molar-refractivity contribution >= 4 is 11.9 Å². The van der Waals surface area contributed by atoms with Gasteiger partial charge in [-0.1, -0.05) is 6.07 Å². The summed E-state index contributed by atoms with van der Waals surface area (Å²) >= 11 is 0. The monoisotopic (exact) mass is 215 g/mol. The van der Waals surface area contributed by atoms with Crippen LogP contribution in [0.5, 0.6) is 0 Å². The average molecular weight is 215 g/mol. The van der Waals surface area contributed by atoms with Crippen molar-refractivity contribution in [2.45, 2.75) is 13.8 Å². The molecule has 4 nitrogen and oxygen atoms in total. The van der Waals surface area contributed by atoms with E-state index in [1.807, 2.05) is 26.0 Å². The van der Waals surface area contributed by atoms with Crippen molar-refractivity contribution in [2.75, 3.05) is 5.32 Å². The Hall–Kier alpha value is -2.10. The molecule has 2 aromatic rings. The van der Waals surface area contributed by atoms with Gasteiger partial charge in [0, 0.05) is 18.0 Å². The molecule has 0 saturated heterocycles. The minimum Gasteiger partial charge on any atom is -0.331 e. The van der Waals surface area contributed by atoms with Crippen molar-refractivity contribution in [1.82, 2.24) is 9.97 Å². The van der Waals surface area contributed by atoms with E-state index in [1.54, 1.807) is 18.5 Å². The van der Waals surface area contributed by atoms with Crippen LogP contribution in [0.2, 0.25) is 0 Å². The molecule has 1 aromatic carbocycles. The quantitative estimate of drug-likeness (QED) is 0.807. The second kappa shape index (κ2) is 4.18. The van der Waals surface area contributed by atoms with E-state index in [9.17, 15) is 4.79 Å². The zero-order valence-electron chi connectivity index (χ0n) is 9.24. The molecule has 1 amide bonds. The van der Waals surface area contributed by atoms with E-state index in [-0.39, 0.29) is 5.91 Å². The second-order valence-electron chi connectivity index (χ2n) is 3.69. The van der Waals surface area contributed by atoms with Crippen LogP contribution in [0.1, 0.15) is 21.5 Å². The van der Waals surface area contributed by atoms with E-state index in [0.29, 0.717) is 11.5 Å². The first-order chi connectivity index (χ1) is 7.66. The predicted octanol–water partition coefficient (Wildman–Crippen LogP) is 2.28. The number of anilines is 1. The molecule has 0 fully saturated rings. The van der Waals surface area contributed by atoms with Crippen LogP contribution in [0.4, 0.5) is 5.95 Å². The average Bonchev–Trinajstić information content (AvgIpc) is 2.74. The summed E-state index contributed by atoms with van der Waals surface area (Å²) < 4.78 is 0. The number of hydrogen-bond donors (Lipinski definition) is 2. The summed E-state index contributed by atoms with van der Waals surface area (Å²) in [5.74, 6) is 0.307. The minimum absolute atomic E-state index is 0.155. The second-order valence-corrected chi connectivity index (χ2v) is 3.69. The van der Waals surface area contributed by atoms with Gasteiger partial charge in [-0.3, -0.25) is 10.1 Å². The number of rotatable bonds is 2. The highest BCUT2D eigenvalue weighted by atomic mass is 16.1. The van der Waals surface area contributed by atoms with Gasteiger partial charge in [0.05, 0.1) is 0 Å². The first kappa shape index (κ1) is 10.4. The number of aromatic amines is 1. The van der Waals surface area contributed by atoms with Crippen LogP contribution in [0.25, 0.3) is 0 Å². The SMILES string of the molecule is Cc1ccc(C(=O)Nc2ncc[nH]2)cc1C. The van der Waals surface area contributed by atoms with Gasteiger partial charge in [0.1, 0.15) is 0 Å². The van der Waals surface area contributed by atoms with Crippen molar-refractivity contribution in [3.8, 4) is 0 Å². The number of carbonyl (C=O) groups is 1. The molecule has 0 bridgehead atoms. The molecular weight excluding hydrogens is 202 g/mol. The minimum atomic E-state index is -0.155. The van der Waals surface area contributed by atoms with Crippen molar-refractivity contribution < 1.29 is 4.79 Å². The van der Waals surface area contributed by atoms with Crippen molar-refractivity contribution in [1.29, 1.82) is 0 Å². The van der Waals surface area contributed by atoms with E-state index in [2.05, 4.69) is 15.3 Å². The Labute approximate surface area is 93.7 Å². The van der Waals surface area contributed by atoms with E-state index in [1.165, 1.54) is 5.56 Å². The van der Waals surface area contributed by atoms with Gasteiger partial charge in [-0.05, 0) is 37.1 Å². The Balaban J connectivity index is 2.18. The normalized spacial score (nSPS) is 10.1. The van der Waals surface area contributed by atoms with Gasteiger partial charge >= 0.3 is 0 Å². The molecule has 0 unspecified atom stereocenters. The summed E-state index contributed by atoms with van der Waals surface area (Å²) in [5, 5.41) is 2.68. The predicted molar refractivity (Wildman–Crippen MR) is 62.5 cm³/mol. The van der Waals surface area contributed by atoms with E-state index in [4.69, 9.17) is 0 Å². The van der Waals surface area contributed by atoms with Crippen LogP contribution in [0.15, 0.2) is 30.6 Å². The van der Waals surface area contributed by atoms with Crippen LogP contribution >= 0.6 is 0 Å². The smallest absolute Gasteiger partial charge is 0.257 e. The Morgan fingerprint density at radius 1 is 1.31 bits per heavy atom. The zero-order valence-corrected chi connectivity index (χ0v) is 9.24. The maximum absolute atomic E-state index is 11.8. The number of H-pyrrole nitrogens is 1. The molecule has 0 spiro atoms. The first-order valence-electron chi connectivity index (χ1n) is 5.05. The summed E-state index contributed by atoms with van der Waals surface area (Å²) in [4.78, 5) is 18.6. The fraction of sp³-hybridized carbons (Fsp3) is 0.167. The van der Waals surface area contributed by atoms with E-state index >= 15 is 0 Å². The molecule has 16 heavy (non-hydrogen) atoms. The standard InChI is InChI=1S/C12H13N3O/c1-8-3-4-10(7-9(8)2)11(16)15-12-13-5-6-14-12/h3-7H,1-2H3,(H2,13,14,15,16). The van der Waals surface area contributed by atoms with Crippen LogP contribution in [0.3, 0.4) is 0 Å². The number of benzene rings is 1. The van der Waals surface area contributed by atoms with Gasteiger partial charge in [0.2, 0.25) is 5.95 Å². The Morgan fingerprint density at radius 3 is 2.75 bits per heavy atom. The molecule has 82 valence electrons. The number of aromatic nitrogens is 2. The molecule has 2 rings (SSSR count). The molecule has 2 N–H and O–H groups in total. The Kier molecular flexibility index (Phi) is 2.72. The van der Waals surface area contributed by atoms with Gasteiger partial charge in [0.15, 0.2) is 0 Å². The summed E-state index contributed by atoms with van der Waals surface area (Å²) in [6.45, 7) is 4.00. The van der Waals surface area contributed by atoms with Crippen molar-refractivity contribution in [3.63, 3.8) is 0 Å². The van der Waals surface area contributed by atoms with Crippen molar-refractivity contribution in [2.24, 2.45) is 0 Å². The van der Waals surface area contributed by atoms with Gasteiger partial charge in [-0.15, -0.1) is 0 Å². The van der Waals surface area contributed by atoms with E-state index in [0.717, 1.165) is 5.56 Å². The molecule has 1 aromatic heterocycles. The number of imidazole rings is 1. The molecule has 0 aliphatic rings. The molecule has 0 aliphatic carbocycles. The third-order valence-corrected chi connectivity index (χ3v) is 2.50. The maximum Gasteiger partial charge on any atom is 0.257 e. The topological polar surface area (TPSA) is 57.8 Å². The summed E-state index contributed by atoms with van der Waals surface area (Å²) in [6, 6.07) is 5.61. The Bertz CT molecular complexity index is 503. The van der Waals surface area contributed by atoms with Crippen molar-refractivity contribution in [3.05, 3.63) is 47.3 Å². The molecule has 0 aliphatic heterocycles. The molecule has 0 radical (unpaired) electrons. The number of aryl methyl sites for hydroxylation is 2.